The van der Waals surface area contributed by atoms with Crippen molar-refractivity contribution in [2.75, 3.05) is 19.6 Å². The van der Waals surface area contributed by atoms with Crippen LogP contribution in [0.5, 0.6) is 0 Å². The SMILES string of the molecule is CCN(CCCCNC(=O)/C=C/c1ccc([N+](=O)[O-])cc1)Cc1ccccc1. The zero-order chi connectivity index (χ0) is 20.2. The smallest absolute Gasteiger partial charge is 0.269 e. The second-order valence-electron chi connectivity index (χ2n) is 6.53. The molecule has 148 valence electrons. The molecule has 28 heavy (non-hydrogen) atoms. The van der Waals surface area contributed by atoms with Gasteiger partial charge in [-0.05, 0) is 55.3 Å². The van der Waals surface area contributed by atoms with Crippen LogP contribution < -0.4 is 5.32 Å². The molecule has 0 saturated carbocycles. The van der Waals surface area contributed by atoms with Gasteiger partial charge in [0.15, 0.2) is 0 Å². The molecule has 0 bridgehead atoms. The molecule has 0 atom stereocenters. The lowest BCUT2D eigenvalue weighted by atomic mass is 10.2. The van der Waals surface area contributed by atoms with Crippen molar-refractivity contribution >= 4 is 17.7 Å². The monoisotopic (exact) mass is 381 g/mol. The van der Waals surface area contributed by atoms with E-state index in [1.165, 1.54) is 23.8 Å². The van der Waals surface area contributed by atoms with E-state index in [0.29, 0.717) is 6.54 Å². The first-order valence-electron chi connectivity index (χ1n) is 9.55. The predicted octanol–water partition coefficient (Wildman–Crippen LogP) is 4.03. The highest BCUT2D eigenvalue weighted by Gasteiger charge is 2.04. The van der Waals surface area contributed by atoms with Crippen LogP contribution in [-0.4, -0.2) is 35.4 Å². The Kier molecular flexibility index (Phi) is 8.88. The average Bonchev–Trinajstić information content (AvgIpc) is 2.72. The minimum absolute atomic E-state index is 0.0370. The first-order chi connectivity index (χ1) is 13.6. The molecule has 1 amide bonds. The Balaban J connectivity index is 1.64. The number of nitro benzene ring substituents is 1. The molecule has 2 rings (SSSR count). The number of unbranched alkanes of at least 4 members (excludes halogenated alkanes) is 1. The van der Waals surface area contributed by atoms with Gasteiger partial charge in [0.1, 0.15) is 0 Å². The summed E-state index contributed by atoms with van der Waals surface area (Å²) >= 11 is 0. The molecule has 2 aromatic carbocycles. The summed E-state index contributed by atoms with van der Waals surface area (Å²) in [7, 11) is 0. The number of carbonyl (C=O) groups excluding carboxylic acids is 1. The van der Waals surface area contributed by atoms with Gasteiger partial charge >= 0.3 is 0 Å². The molecule has 0 fully saturated rings. The molecule has 0 spiro atoms. The number of hydrogen-bond acceptors (Lipinski definition) is 4. The molecule has 1 N–H and O–H groups in total. The van der Waals surface area contributed by atoms with Gasteiger partial charge in [0.2, 0.25) is 5.91 Å². The average molecular weight is 381 g/mol. The van der Waals surface area contributed by atoms with Crippen LogP contribution in [-0.2, 0) is 11.3 Å². The largest absolute Gasteiger partial charge is 0.353 e. The zero-order valence-corrected chi connectivity index (χ0v) is 16.2. The van der Waals surface area contributed by atoms with Crippen LogP contribution in [0.3, 0.4) is 0 Å². The molecule has 6 nitrogen and oxygen atoms in total. The number of nitrogens with one attached hydrogen (secondary N) is 1. The van der Waals surface area contributed by atoms with Gasteiger partial charge < -0.3 is 5.32 Å². The van der Waals surface area contributed by atoms with Crippen molar-refractivity contribution in [1.29, 1.82) is 0 Å². The number of amides is 1. The molecule has 2 aromatic rings. The van der Waals surface area contributed by atoms with Crippen molar-refractivity contribution in [3.05, 3.63) is 81.9 Å². The fraction of sp³-hybridized carbons (Fsp3) is 0.318. The maximum absolute atomic E-state index is 11.9. The van der Waals surface area contributed by atoms with Crippen molar-refractivity contribution in [3.8, 4) is 0 Å². The molecular formula is C22H27N3O3. The Hall–Kier alpha value is -2.99. The number of nitro groups is 1. The van der Waals surface area contributed by atoms with Gasteiger partial charge in [-0.2, -0.15) is 0 Å². The zero-order valence-electron chi connectivity index (χ0n) is 16.2. The van der Waals surface area contributed by atoms with Gasteiger partial charge in [-0.1, -0.05) is 37.3 Å². The predicted molar refractivity (Wildman–Crippen MR) is 112 cm³/mol. The van der Waals surface area contributed by atoms with Crippen LogP contribution in [0.2, 0.25) is 0 Å². The summed E-state index contributed by atoms with van der Waals surface area (Å²) in [5, 5.41) is 13.5. The molecular weight excluding hydrogens is 354 g/mol. The topological polar surface area (TPSA) is 75.5 Å². The van der Waals surface area contributed by atoms with E-state index < -0.39 is 4.92 Å². The third-order valence-corrected chi connectivity index (χ3v) is 4.43. The van der Waals surface area contributed by atoms with Gasteiger partial charge in [0.05, 0.1) is 4.92 Å². The summed E-state index contributed by atoms with van der Waals surface area (Å²) in [6.45, 7) is 5.74. The highest BCUT2D eigenvalue weighted by Crippen LogP contribution is 2.12. The molecule has 0 saturated heterocycles. The third kappa shape index (κ3) is 7.72. The van der Waals surface area contributed by atoms with Crippen LogP contribution in [0.4, 0.5) is 5.69 Å². The van der Waals surface area contributed by atoms with E-state index in [-0.39, 0.29) is 11.6 Å². The second-order valence-corrected chi connectivity index (χ2v) is 6.53. The number of non-ortho nitro benzene ring substituents is 1. The Bertz CT molecular complexity index is 773. The number of benzene rings is 2. The van der Waals surface area contributed by atoms with E-state index in [9.17, 15) is 14.9 Å². The highest BCUT2D eigenvalue weighted by atomic mass is 16.6. The first-order valence-corrected chi connectivity index (χ1v) is 9.55. The minimum atomic E-state index is -0.445. The van der Waals surface area contributed by atoms with E-state index in [1.54, 1.807) is 18.2 Å². The minimum Gasteiger partial charge on any atom is -0.353 e. The fourth-order valence-electron chi connectivity index (χ4n) is 2.80. The van der Waals surface area contributed by atoms with Gasteiger partial charge in [-0.15, -0.1) is 0 Å². The molecule has 0 unspecified atom stereocenters. The number of carbonyl (C=O) groups is 1. The summed E-state index contributed by atoms with van der Waals surface area (Å²) in [6, 6.07) is 16.5. The van der Waals surface area contributed by atoms with E-state index >= 15 is 0 Å². The summed E-state index contributed by atoms with van der Waals surface area (Å²) in [5.74, 6) is -0.157. The number of hydrogen-bond donors (Lipinski definition) is 1. The van der Waals surface area contributed by atoms with Crippen molar-refractivity contribution in [2.45, 2.75) is 26.3 Å². The maximum Gasteiger partial charge on any atom is 0.269 e. The van der Waals surface area contributed by atoms with E-state index in [2.05, 4.69) is 41.4 Å². The lowest BCUT2D eigenvalue weighted by molar-refractivity contribution is -0.384. The standard InChI is InChI=1S/C22H27N3O3/c1-2-24(18-20-8-4-3-5-9-20)17-7-6-16-23-22(26)15-12-19-10-13-21(14-11-19)25(27)28/h3-5,8-15H,2,6-7,16-18H2,1H3,(H,23,26)/b15-12+. The van der Waals surface area contributed by atoms with Gasteiger partial charge in [0, 0.05) is 31.3 Å². The number of nitrogens with zero attached hydrogens (tertiary/aromatic N) is 2. The van der Waals surface area contributed by atoms with E-state index in [0.717, 1.165) is 38.0 Å². The highest BCUT2D eigenvalue weighted by molar-refractivity contribution is 5.91. The third-order valence-electron chi connectivity index (χ3n) is 4.43. The van der Waals surface area contributed by atoms with Crippen LogP contribution in [0.25, 0.3) is 6.08 Å². The summed E-state index contributed by atoms with van der Waals surface area (Å²) in [6.07, 6.45) is 5.04. The van der Waals surface area contributed by atoms with Crippen LogP contribution in [0.15, 0.2) is 60.7 Å². The quantitative estimate of drug-likeness (QED) is 0.276. The molecule has 0 radical (unpaired) electrons. The van der Waals surface area contributed by atoms with Crippen molar-refractivity contribution < 1.29 is 9.72 Å². The molecule has 0 aliphatic rings. The summed E-state index contributed by atoms with van der Waals surface area (Å²) in [5.41, 5.74) is 2.10. The molecule has 0 aromatic heterocycles. The molecule has 6 heteroatoms. The Morgan fingerprint density at radius 3 is 2.46 bits per heavy atom. The van der Waals surface area contributed by atoms with Crippen molar-refractivity contribution in [2.24, 2.45) is 0 Å². The first kappa shape index (κ1) is 21.3. The number of rotatable bonds is 11. The summed E-state index contributed by atoms with van der Waals surface area (Å²) < 4.78 is 0. The molecule has 0 aliphatic carbocycles. The van der Waals surface area contributed by atoms with Crippen LogP contribution >= 0.6 is 0 Å². The Labute approximate surface area is 166 Å². The van der Waals surface area contributed by atoms with Crippen molar-refractivity contribution in [1.82, 2.24) is 10.2 Å². The normalized spacial score (nSPS) is 11.1. The summed E-state index contributed by atoms with van der Waals surface area (Å²) in [4.78, 5) is 24.4. The van der Waals surface area contributed by atoms with E-state index in [1.807, 2.05) is 6.07 Å². The van der Waals surface area contributed by atoms with Gasteiger partial charge in [-0.25, -0.2) is 0 Å². The lowest BCUT2D eigenvalue weighted by Gasteiger charge is -2.20. The van der Waals surface area contributed by atoms with E-state index in [4.69, 9.17) is 0 Å². The Morgan fingerprint density at radius 1 is 1.11 bits per heavy atom. The van der Waals surface area contributed by atoms with Crippen LogP contribution in [0.1, 0.15) is 30.9 Å². The molecule has 0 aliphatic heterocycles. The van der Waals surface area contributed by atoms with Gasteiger partial charge in [-0.3, -0.25) is 19.8 Å². The molecule has 0 heterocycles. The maximum atomic E-state index is 11.9. The second kappa shape index (κ2) is 11.7. The van der Waals surface area contributed by atoms with Gasteiger partial charge in [0.25, 0.3) is 5.69 Å². The van der Waals surface area contributed by atoms with Crippen LogP contribution in [0, 0.1) is 10.1 Å². The fourth-order valence-corrected chi connectivity index (χ4v) is 2.80. The van der Waals surface area contributed by atoms with Crippen molar-refractivity contribution in [3.63, 3.8) is 0 Å². The lowest BCUT2D eigenvalue weighted by Crippen LogP contribution is -2.26. The Morgan fingerprint density at radius 2 is 1.82 bits per heavy atom.